The number of aliphatic hydroxyl groups is 1. The Labute approximate surface area is 202 Å². The highest BCUT2D eigenvalue weighted by molar-refractivity contribution is 7.89. The Hall–Kier alpha value is -3.89. The molecule has 2 heterocycles. The van der Waals surface area contributed by atoms with E-state index in [0.29, 0.717) is 11.1 Å². The lowest BCUT2D eigenvalue weighted by Gasteiger charge is -2.25. The van der Waals surface area contributed by atoms with Gasteiger partial charge >= 0.3 is 0 Å². The number of benzene rings is 2. The first-order chi connectivity index (χ1) is 16.6. The summed E-state index contributed by atoms with van der Waals surface area (Å²) in [7, 11) is -0.897. The van der Waals surface area contributed by atoms with E-state index < -0.39 is 39.3 Å². The number of carbonyl (C=O) groups excluding carboxylic acids is 2. The molecule has 1 saturated heterocycles. The number of halogens is 1. The second kappa shape index (κ2) is 9.40. The summed E-state index contributed by atoms with van der Waals surface area (Å²) in [5, 5.41) is 11.1. The van der Waals surface area contributed by atoms with Gasteiger partial charge in [0, 0.05) is 38.6 Å². The number of nitrogens with zero attached hydrogens (tertiary/aromatic N) is 3. The molecule has 3 aromatic rings. The molecule has 0 radical (unpaired) electrons. The molecule has 10 heteroatoms. The molecule has 4 rings (SSSR count). The highest BCUT2D eigenvalue weighted by Crippen LogP contribution is 2.40. The minimum absolute atomic E-state index is 0.00571. The number of aromatic nitrogens is 1. The Morgan fingerprint density at radius 1 is 1.06 bits per heavy atom. The van der Waals surface area contributed by atoms with Gasteiger partial charge in [-0.05, 0) is 53.6 Å². The van der Waals surface area contributed by atoms with Crippen molar-refractivity contribution in [3.63, 3.8) is 0 Å². The number of likely N-dealkylation sites (tertiary alicyclic amines) is 1. The minimum Gasteiger partial charge on any atom is -0.507 e. The summed E-state index contributed by atoms with van der Waals surface area (Å²) in [6.07, 6.45) is 3.14. The van der Waals surface area contributed by atoms with E-state index in [4.69, 9.17) is 0 Å². The van der Waals surface area contributed by atoms with Crippen molar-refractivity contribution in [2.45, 2.75) is 17.5 Å². The van der Waals surface area contributed by atoms with E-state index in [1.807, 2.05) is 0 Å². The van der Waals surface area contributed by atoms with Crippen LogP contribution >= 0.6 is 0 Å². The highest BCUT2D eigenvalue weighted by Gasteiger charge is 2.46. The number of sulfonamides is 1. The van der Waals surface area contributed by atoms with Crippen molar-refractivity contribution in [3.05, 3.63) is 101 Å². The summed E-state index contributed by atoms with van der Waals surface area (Å²) in [5.74, 6) is -2.67. The molecule has 1 atom stereocenters. The Balaban J connectivity index is 1.82. The number of aliphatic hydroxyl groups excluding tert-OH is 1. The average Bonchev–Trinajstić information content (AvgIpc) is 3.09. The lowest BCUT2D eigenvalue weighted by Crippen LogP contribution is -2.29. The van der Waals surface area contributed by atoms with Crippen molar-refractivity contribution in [3.8, 4) is 0 Å². The predicted molar refractivity (Wildman–Crippen MR) is 126 cm³/mol. The highest BCUT2D eigenvalue weighted by atomic mass is 32.2. The molecule has 1 aliphatic heterocycles. The second-order valence-corrected chi connectivity index (χ2v) is 10.3. The number of hydrogen-bond acceptors (Lipinski definition) is 6. The molecule has 180 valence electrons. The summed E-state index contributed by atoms with van der Waals surface area (Å²) in [6, 6.07) is 13.1. The van der Waals surface area contributed by atoms with Gasteiger partial charge in [0.1, 0.15) is 11.6 Å². The van der Waals surface area contributed by atoms with Gasteiger partial charge in [-0.15, -0.1) is 0 Å². The van der Waals surface area contributed by atoms with Crippen LogP contribution in [0.4, 0.5) is 4.39 Å². The normalized spacial score (nSPS) is 17.8. The number of carbonyl (C=O) groups is 2. The smallest absolute Gasteiger partial charge is 0.295 e. The molecule has 8 nitrogen and oxygen atoms in total. The maximum atomic E-state index is 13.6. The molecule has 1 unspecified atom stereocenters. The summed E-state index contributed by atoms with van der Waals surface area (Å²) in [5.41, 5.74) is 1.09. The molecule has 0 spiro atoms. The summed E-state index contributed by atoms with van der Waals surface area (Å²) < 4.78 is 39.4. The molecule has 1 N–H and O–H groups in total. The second-order valence-electron chi connectivity index (χ2n) is 8.15. The Kier molecular flexibility index (Phi) is 6.51. The maximum absolute atomic E-state index is 13.6. The first-order valence-electron chi connectivity index (χ1n) is 10.6. The zero-order valence-electron chi connectivity index (χ0n) is 18.9. The number of ketones is 1. The molecule has 2 aromatic carbocycles. The number of pyridine rings is 1. The van der Waals surface area contributed by atoms with Gasteiger partial charge in [0.15, 0.2) is 0 Å². The van der Waals surface area contributed by atoms with Crippen LogP contribution in [0.1, 0.15) is 22.7 Å². The molecule has 1 amide bonds. The van der Waals surface area contributed by atoms with E-state index in [2.05, 4.69) is 4.98 Å². The predicted octanol–water partition coefficient (Wildman–Crippen LogP) is 3.09. The van der Waals surface area contributed by atoms with Crippen LogP contribution in [0, 0.1) is 5.82 Å². The standard InChI is InChI=1S/C25H22FN3O5S/c1-28(2)35(33,34)20-11-7-18(8-12-20)23(30)21-22(17-5-9-19(26)10-6-17)29(25(32)24(21)31)15-16-4-3-13-27-14-16/h3-14,22,30H,15H2,1-2H3. The third-order valence-corrected chi connectivity index (χ3v) is 7.54. The average molecular weight is 496 g/mol. The van der Waals surface area contributed by atoms with E-state index in [9.17, 15) is 27.5 Å². The quantitative estimate of drug-likeness (QED) is 0.320. The van der Waals surface area contributed by atoms with E-state index in [0.717, 1.165) is 4.31 Å². The third kappa shape index (κ3) is 4.58. The molecule has 1 aromatic heterocycles. The first-order valence-corrected chi connectivity index (χ1v) is 12.0. The molecule has 0 saturated carbocycles. The van der Waals surface area contributed by atoms with Crippen LogP contribution < -0.4 is 0 Å². The Morgan fingerprint density at radius 3 is 2.29 bits per heavy atom. The third-order valence-electron chi connectivity index (χ3n) is 5.71. The van der Waals surface area contributed by atoms with Crippen LogP contribution in [-0.4, -0.2) is 53.5 Å². The van der Waals surface area contributed by atoms with Gasteiger partial charge in [0.25, 0.3) is 11.7 Å². The first kappa shape index (κ1) is 24.2. The fourth-order valence-electron chi connectivity index (χ4n) is 3.87. The molecular weight excluding hydrogens is 473 g/mol. The number of amides is 1. The molecule has 1 aliphatic rings. The van der Waals surface area contributed by atoms with Crippen LogP contribution in [0.2, 0.25) is 0 Å². The summed E-state index contributed by atoms with van der Waals surface area (Å²) >= 11 is 0. The lowest BCUT2D eigenvalue weighted by atomic mass is 9.95. The topological polar surface area (TPSA) is 108 Å². The fourth-order valence-corrected chi connectivity index (χ4v) is 4.78. The van der Waals surface area contributed by atoms with Crippen molar-refractivity contribution >= 4 is 27.5 Å². The Bertz CT molecular complexity index is 1400. The number of hydrogen-bond donors (Lipinski definition) is 1. The van der Waals surface area contributed by atoms with Gasteiger partial charge < -0.3 is 10.0 Å². The van der Waals surface area contributed by atoms with Gasteiger partial charge in [0.05, 0.1) is 16.5 Å². The molecule has 0 bridgehead atoms. The zero-order valence-corrected chi connectivity index (χ0v) is 19.7. The van der Waals surface area contributed by atoms with Crippen molar-refractivity contribution in [1.29, 1.82) is 0 Å². The van der Waals surface area contributed by atoms with E-state index in [1.54, 1.807) is 24.5 Å². The fraction of sp³-hybridized carbons (Fsp3) is 0.160. The summed E-state index contributed by atoms with van der Waals surface area (Å²) in [4.78, 5) is 31.4. The molecular formula is C25H22FN3O5S. The number of rotatable bonds is 6. The van der Waals surface area contributed by atoms with Crippen LogP contribution in [0.5, 0.6) is 0 Å². The molecule has 1 fully saturated rings. The van der Waals surface area contributed by atoms with E-state index in [-0.39, 0.29) is 22.6 Å². The lowest BCUT2D eigenvalue weighted by molar-refractivity contribution is -0.140. The van der Waals surface area contributed by atoms with Crippen molar-refractivity contribution in [2.75, 3.05) is 14.1 Å². The zero-order chi connectivity index (χ0) is 25.3. The maximum Gasteiger partial charge on any atom is 0.295 e. The van der Waals surface area contributed by atoms with E-state index in [1.165, 1.54) is 67.5 Å². The summed E-state index contributed by atoms with van der Waals surface area (Å²) in [6.45, 7) is 0.0389. The van der Waals surface area contributed by atoms with Crippen molar-refractivity contribution < 1.29 is 27.5 Å². The van der Waals surface area contributed by atoms with Gasteiger partial charge in [-0.3, -0.25) is 14.6 Å². The monoisotopic (exact) mass is 495 g/mol. The Morgan fingerprint density at radius 2 is 1.71 bits per heavy atom. The van der Waals surface area contributed by atoms with Crippen molar-refractivity contribution in [2.24, 2.45) is 0 Å². The SMILES string of the molecule is CN(C)S(=O)(=O)c1ccc(C(O)=C2C(=O)C(=O)N(Cc3cccnc3)C2c2ccc(F)cc2)cc1. The van der Waals surface area contributed by atoms with Gasteiger partial charge in [-0.1, -0.05) is 18.2 Å². The minimum atomic E-state index is -3.69. The number of Topliss-reactive ketones (excluding diaryl/α,β-unsaturated/α-hetero) is 1. The van der Waals surface area contributed by atoms with Crippen molar-refractivity contribution in [1.82, 2.24) is 14.2 Å². The van der Waals surface area contributed by atoms with Gasteiger partial charge in [-0.25, -0.2) is 17.1 Å². The largest absolute Gasteiger partial charge is 0.507 e. The molecule has 0 aliphatic carbocycles. The van der Waals surface area contributed by atoms with Crippen LogP contribution in [-0.2, 0) is 26.2 Å². The van der Waals surface area contributed by atoms with Crippen LogP contribution in [0.15, 0.2) is 83.5 Å². The van der Waals surface area contributed by atoms with E-state index >= 15 is 0 Å². The van der Waals surface area contributed by atoms with Gasteiger partial charge in [-0.2, -0.15) is 0 Å². The van der Waals surface area contributed by atoms with Crippen LogP contribution in [0.25, 0.3) is 5.76 Å². The van der Waals surface area contributed by atoms with Crippen LogP contribution in [0.3, 0.4) is 0 Å². The van der Waals surface area contributed by atoms with Gasteiger partial charge in [0.2, 0.25) is 10.0 Å². The molecule has 35 heavy (non-hydrogen) atoms.